The maximum atomic E-state index is 5.63. The lowest BCUT2D eigenvalue weighted by Crippen LogP contribution is -2.35. The molecular weight excluding hydrogens is 202 g/mol. The molecule has 15 heavy (non-hydrogen) atoms. The van der Waals surface area contributed by atoms with Crippen LogP contribution in [0.3, 0.4) is 0 Å². The Kier molecular flexibility index (Phi) is 3.07. The fourth-order valence-electron chi connectivity index (χ4n) is 1.53. The van der Waals surface area contributed by atoms with Crippen LogP contribution in [0.2, 0.25) is 0 Å². The van der Waals surface area contributed by atoms with Gasteiger partial charge in [-0.1, -0.05) is 54.2 Å². The van der Waals surface area contributed by atoms with Crippen molar-refractivity contribution in [2.45, 2.75) is 12.7 Å². The quantitative estimate of drug-likeness (QED) is 0.604. The van der Waals surface area contributed by atoms with Crippen LogP contribution in [-0.2, 0) is 5.75 Å². The molecule has 0 radical (unpaired) electrons. The Labute approximate surface area is 94.0 Å². The smallest absolute Gasteiger partial charge is 0.204 e. The van der Waals surface area contributed by atoms with E-state index < -0.39 is 0 Å². The van der Waals surface area contributed by atoms with E-state index in [0.717, 1.165) is 10.8 Å². The number of fused-ring (bicyclic) bond motifs is 1. The second kappa shape index (κ2) is 4.49. The van der Waals surface area contributed by atoms with Gasteiger partial charge in [0, 0.05) is 12.7 Å². The maximum Gasteiger partial charge on any atom is 0.204 e. The largest absolute Gasteiger partial charge is 0.253 e. The van der Waals surface area contributed by atoms with Gasteiger partial charge in [0.2, 0.25) is 5.04 Å². The molecule has 0 aliphatic rings. The van der Waals surface area contributed by atoms with Crippen LogP contribution in [0.5, 0.6) is 0 Å². The SMILES string of the molecule is CC(=[NH2+])SCc1ccc2ccccc2c1. The van der Waals surface area contributed by atoms with E-state index in [1.165, 1.54) is 16.3 Å². The molecule has 2 aromatic rings. The molecule has 0 spiro atoms. The monoisotopic (exact) mass is 216 g/mol. The molecule has 2 N–H and O–H groups in total. The summed E-state index contributed by atoms with van der Waals surface area (Å²) in [6.07, 6.45) is 0. The van der Waals surface area contributed by atoms with E-state index in [4.69, 9.17) is 5.41 Å². The molecule has 0 saturated carbocycles. The van der Waals surface area contributed by atoms with E-state index in [9.17, 15) is 0 Å². The van der Waals surface area contributed by atoms with Crippen molar-refractivity contribution >= 4 is 27.6 Å². The summed E-state index contributed by atoms with van der Waals surface area (Å²) in [4.78, 5) is 0. The third kappa shape index (κ3) is 2.60. The van der Waals surface area contributed by atoms with Crippen molar-refractivity contribution in [2.75, 3.05) is 0 Å². The molecule has 0 heterocycles. The molecule has 0 unspecified atom stereocenters. The van der Waals surface area contributed by atoms with Crippen LogP contribution < -0.4 is 5.41 Å². The lowest BCUT2D eigenvalue weighted by atomic mass is 10.1. The van der Waals surface area contributed by atoms with Crippen LogP contribution in [0.15, 0.2) is 42.5 Å². The van der Waals surface area contributed by atoms with Crippen molar-refractivity contribution in [1.29, 1.82) is 0 Å². The fraction of sp³-hybridized carbons (Fsp3) is 0.154. The van der Waals surface area contributed by atoms with E-state index in [-0.39, 0.29) is 0 Å². The van der Waals surface area contributed by atoms with Gasteiger partial charge in [0.15, 0.2) is 0 Å². The Hall–Kier alpha value is -1.28. The van der Waals surface area contributed by atoms with Crippen molar-refractivity contribution in [1.82, 2.24) is 0 Å². The van der Waals surface area contributed by atoms with Gasteiger partial charge < -0.3 is 0 Å². The van der Waals surface area contributed by atoms with E-state index in [0.29, 0.717) is 0 Å². The Morgan fingerprint density at radius 1 is 1.13 bits per heavy atom. The molecule has 76 valence electrons. The molecule has 0 fully saturated rings. The van der Waals surface area contributed by atoms with Crippen LogP contribution in [0.25, 0.3) is 10.8 Å². The third-order valence-corrected chi connectivity index (χ3v) is 3.21. The summed E-state index contributed by atoms with van der Waals surface area (Å²) in [7, 11) is 0. The fourth-order valence-corrected chi connectivity index (χ4v) is 2.10. The minimum atomic E-state index is 0.920. The molecule has 2 heteroatoms. The average Bonchev–Trinajstić information content (AvgIpc) is 2.26. The summed E-state index contributed by atoms with van der Waals surface area (Å²) in [6.45, 7) is 1.94. The first-order valence-corrected chi connectivity index (χ1v) is 5.94. The minimum Gasteiger partial charge on any atom is -0.253 e. The van der Waals surface area contributed by atoms with Gasteiger partial charge in [0.05, 0.1) is 0 Å². The van der Waals surface area contributed by atoms with Crippen LogP contribution in [-0.4, -0.2) is 5.04 Å². The third-order valence-electron chi connectivity index (χ3n) is 2.28. The van der Waals surface area contributed by atoms with Gasteiger partial charge in [-0.2, -0.15) is 0 Å². The number of rotatable bonds is 2. The number of nitrogens with two attached hydrogens (primary N) is 1. The Bertz CT molecular complexity index is 491. The standard InChI is InChI=1S/C13H13NS/c1-10(14)15-9-11-6-7-12-4-2-3-5-13(12)8-11/h2-8,14H,9H2,1H3/p+1. The molecule has 0 amide bonds. The van der Waals surface area contributed by atoms with Crippen LogP contribution in [0.4, 0.5) is 0 Å². The molecule has 0 bridgehead atoms. The van der Waals surface area contributed by atoms with Crippen molar-refractivity contribution in [3.63, 3.8) is 0 Å². The number of hydrogen-bond donors (Lipinski definition) is 1. The Balaban J connectivity index is 2.26. The van der Waals surface area contributed by atoms with Gasteiger partial charge in [-0.05, 0) is 16.3 Å². The van der Waals surface area contributed by atoms with Gasteiger partial charge in [-0.3, -0.25) is 5.41 Å². The summed E-state index contributed by atoms with van der Waals surface area (Å²) in [5, 5.41) is 9.14. The lowest BCUT2D eigenvalue weighted by Gasteiger charge is -2.01. The van der Waals surface area contributed by atoms with Crippen molar-refractivity contribution < 1.29 is 5.41 Å². The summed E-state index contributed by atoms with van der Waals surface area (Å²) in [5.74, 6) is 0.952. The first kappa shape index (κ1) is 10.2. The Morgan fingerprint density at radius 3 is 2.60 bits per heavy atom. The van der Waals surface area contributed by atoms with Crippen LogP contribution >= 0.6 is 11.8 Å². The second-order valence-electron chi connectivity index (χ2n) is 3.58. The zero-order chi connectivity index (χ0) is 10.7. The first-order valence-electron chi connectivity index (χ1n) is 4.95. The predicted molar refractivity (Wildman–Crippen MR) is 67.8 cm³/mol. The number of hydrogen-bond acceptors (Lipinski definition) is 1. The number of benzene rings is 2. The van der Waals surface area contributed by atoms with Gasteiger partial charge in [-0.15, -0.1) is 0 Å². The minimum absolute atomic E-state index is 0.920. The highest BCUT2D eigenvalue weighted by Crippen LogP contribution is 2.19. The van der Waals surface area contributed by atoms with E-state index >= 15 is 0 Å². The zero-order valence-corrected chi connectivity index (χ0v) is 9.55. The molecule has 0 aliphatic carbocycles. The molecular formula is C13H14NS+. The van der Waals surface area contributed by atoms with Gasteiger partial charge in [-0.25, -0.2) is 0 Å². The zero-order valence-electron chi connectivity index (χ0n) is 8.73. The molecule has 0 atom stereocenters. The van der Waals surface area contributed by atoms with Crippen molar-refractivity contribution in [3.05, 3.63) is 48.0 Å². The van der Waals surface area contributed by atoms with E-state index in [1.807, 2.05) is 6.92 Å². The van der Waals surface area contributed by atoms with Crippen LogP contribution in [0, 0.1) is 0 Å². The highest BCUT2D eigenvalue weighted by atomic mass is 32.2. The Morgan fingerprint density at radius 2 is 1.87 bits per heavy atom. The second-order valence-corrected chi connectivity index (χ2v) is 4.80. The molecule has 0 saturated heterocycles. The first-order chi connectivity index (χ1) is 7.25. The topological polar surface area (TPSA) is 25.6 Å². The summed E-state index contributed by atoms with van der Waals surface area (Å²) in [5.41, 5.74) is 1.32. The molecule has 0 aromatic heterocycles. The average molecular weight is 216 g/mol. The summed E-state index contributed by atoms with van der Waals surface area (Å²) >= 11 is 1.69. The highest BCUT2D eigenvalue weighted by molar-refractivity contribution is 8.12. The predicted octanol–water partition coefficient (Wildman–Crippen LogP) is 2.25. The molecule has 0 aliphatic heterocycles. The van der Waals surface area contributed by atoms with Gasteiger partial charge in [0.1, 0.15) is 0 Å². The summed E-state index contributed by atoms with van der Waals surface area (Å²) in [6, 6.07) is 15.0. The summed E-state index contributed by atoms with van der Waals surface area (Å²) < 4.78 is 0. The highest BCUT2D eigenvalue weighted by Gasteiger charge is 1.99. The van der Waals surface area contributed by atoms with E-state index in [1.54, 1.807) is 11.8 Å². The number of thioether (sulfide) groups is 1. The van der Waals surface area contributed by atoms with Crippen molar-refractivity contribution in [3.8, 4) is 0 Å². The van der Waals surface area contributed by atoms with Crippen LogP contribution in [0.1, 0.15) is 12.5 Å². The molecule has 1 nitrogen and oxygen atoms in total. The molecule has 2 rings (SSSR count). The van der Waals surface area contributed by atoms with Gasteiger partial charge in [0.25, 0.3) is 0 Å². The normalized spacial score (nSPS) is 10.5. The van der Waals surface area contributed by atoms with E-state index in [2.05, 4.69) is 42.5 Å². The van der Waals surface area contributed by atoms with Crippen molar-refractivity contribution in [2.24, 2.45) is 0 Å². The lowest BCUT2D eigenvalue weighted by molar-refractivity contribution is -0.109. The molecule has 2 aromatic carbocycles. The van der Waals surface area contributed by atoms with Gasteiger partial charge >= 0.3 is 0 Å². The maximum absolute atomic E-state index is 5.63.